The molecule has 0 aromatic heterocycles. The summed E-state index contributed by atoms with van der Waals surface area (Å²) in [6.07, 6.45) is 0.401. The van der Waals surface area contributed by atoms with Crippen molar-refractivity contribution in [3.05, 3.63) is 0 Å². The van der Waals surface area contributed by atoms with Gasteiger partial charge in [0.2, 0.25) is 0 Å². The van der Waals surface area contributed by atoms with E-state index in [2.05, 4.69) is 0 Å². The Bertz CT molecular complexity index is 183. The molecular formula is C4H10NO4PS. The maximum atomic E-state index is 10.3. The topological polar surface area (TPSA) is 96.1 Å². The molecule has 11 heavy (non-hydrogen) atoms. The average molecular weight is 199 g/mol. The summed E-state index contributed by atoms with van der Waals surface area (Å²) in [5.74, 6) is 0.392. The normalized spacial score (nSPS) is 30.5. The molecule has 2 unspecified atom stereocenters. The Balaban J connectivity index is 2.01. The minimum atomic E-state index is -3.89. The van der Waals surface area contributed by atoms with E-state index in [0.717, 1.165) is 0 Å². The van der Waals surface area contributed by atoms with E-state index >= 15 is 0 Å². The molecule has 1 fully saturated rings. The van der Waals surface area contributed by atoms with E-state index in [9.17, 15) is 4.57 Å². The molecule has 1 saturated heterocycles. The minimum Gasteiger partial charge on any atom is -0.353 e. The predicted octanol–water partition coefficient (Wildman–Crippen LogP) is -0.114. The van der Waals surface area contributed by atoms with Gasteiger partial charge in [0.25, 0.3) is 0 Å². The van der Waals surface area contributed by atoms with E-state index in [0.29, 0.717) is 23.6 Å². The van der Waals surface area contributed by atoms with E-state index in [4.69, 9.17) is 20.3 Å². The van der Waals surface area contributed by atoms with Gasteiger partial charge in [0.05, 0.1) is 6.10 Å². The summed E-state index contributed by atoms with van der Waals surface area (Å²) >= 11 is 0.635. The molecule has 1 heterocycles. The zero-order valence-corrected chi connectivity index (χ0v) is 7.42. The summed E-state index contributed by atoms with van der Waals surface area (Å²) in [6.45, 7) is -3.89. The van der Waals surface area contributed by atoms with Crippen molar-refractivity contribution in [2.24, 2.45) is 5.73 Å². The SMILES string of the molecule is NC1OC1CCSP(=O)(O)O. The molecule has 1 aliphatic rings. The molecule has 0 saturated carbocycles. The highest BCUT2D eigenvalue weighted by molar-refractivity contribution is 8.54. The first-order valence-electron chi connectivity index (χ1n) is 3.10. The van der Waals surface area contributed by atoms with Crippen LogP contribution in [0.4, 0.5) is 0 Å². The average Bonchev–Trinajstić information content (AvgIpc) is 2.43. The fourth-order valence-electron chi connectivity index (χ4n) is 0.677. The lowest BCUT2D eigenvalue weighted by atomic mass is 10.3. The Morgan fingerprint density at radius 2 is 2.18 bits per heavy atom. The second kappa shape index (κ2) is 3.43. The minimum absolute atomic E-state index is 0.00838. The fraction of sp³-hybridized carbons (Fsp3) is 1.00. The van der Waals surface area contributed by atoms with Crippen molar-refractivity contribution in [2.75, 3.05) is 5.75 Å². The van der Waals surface area contributed by atoms with Crippen LogP contribution in [0.5, 0.6) is 0 Å². The summed E-state index contributed by atoms with van der Waals surface area (Å²) in [5.41, 5.74) is 5.29. The first-order valence-corrected chi connectivity index (χ1v) is 6.30. The maximum Gasteiger partial charge on any atom is 0.383 e. The summed E-state index contributed by atoms with van der Waals surface area (Å²) in [4.78, 5) is 16.8. The highest BCUT2D eigenvalue weighted by Gasteiger charge is 2.34. The monoisotopic (exact) mass is 199 g/mol. The molecule has 7 heteroatoms. The Kier molecular flexibility index (Phi) is 2.96. The van der Waals surface area contributed by atoms with Crippen molar-refractivity contribution in [1.29, 1.82) is 0 Å². The van der Waals surface area contributed by atoms with Crippen LogP contribution in [0.3, 0.4) is 0 Å². The molecule has 0 aliphatic carbocycles. The zero-order chi connectivity index (χ0) is 8.48. The van der Waals surface area contributed by atoms with Crippen LogP contribution in [0.2, 0.25) is 0 Å². The Morgan fingerprint density at radius 3 is 2.55 bits per heavy atom. The molecule has 0 spiro atoms. The molecule has 1 rings (SSSR count). The van der Waals surface area contributed by atoms with E-state index in [1.54, 1.807) is 0 Å². The van der Waals surface area contributed by atoms with Gasteiger partial charge in [0.15, 0.2) is 0 Å². The Morgan fingerprint density at radius 1 is 1.64 bits per heavy atom. The molecule has 0 aromatic rings. The van der Waals surface area contributed by atoms with Gasteiger partial charge in [0.1, 0.15) is 6.23 Å². The van der Waals surface area contributed by atoms with Crippen LogP contribution in [0.1, 0.15) is 6.42 Å². The first kappa shape index (κ1) is 9.51. The van der Waals surface area contributed by atoms with Crippen molar-refractivity contribution in [3.63, 3.8) is 0 Å². The first-order chi connectivity index (χ1) is 4.99. The smallest absolute Gasteiger partial charge is 0.353 e. The van der Waals surface area contributed by atoms with Gasteiger partial charge in [-0.05, 0) is 17.8 Å². The number of rotatable bonds is 4. The number of ether oxygens (including phenoxy) is 1. The fourth-order valence-corrected chi connectivity index (χ4v) is 2.28. The third-order valence-corrected chi connectivity index (χ3v) is 3.59. The van der Waals surface area contributed by atoms with Crippen molar-refractivity contribution in [1.82, 2.24) is 0 Å². The largest absolute Gasteiger partial charge is 0.383 e. The van der Waals surface area contributed by atoms with Gasteiger partial charge < -0.3 is 20.3 Å². The standard InChI is InChI=1S/C4H10NO4PS/c5-4-3(9-4)1-2-11-10(6,7)8/h3-4H,1-2,5H2,(H2,6,7,8). The molecule has 0 amide bonds. The molecule has 0 bridgehead atoms. The molecule has 0 radical (unpaired) electrons. The van der Waals surface area contributed by atoms with Gasteiger partial charge in [-0.3, -0.25) is 0 Å². The van der Waals surface area contributed by atoms with E-state index in [1.807, 2.05) is 0 Å². The van der Waals surface area contributed by atoms with Gasteiger partial charge in [-0.15, -0.1) is 0 Å². The van der Waals surface area contributed by atoms with Crippen LogP contribution >= 0.6 is 18.2 Å². The highest BCUT2D eigenvalue weighted by Crippen LogP contribution is 2.50. The number of nitrogens with two attached hydrogens (primary N) is 1. The summed E-state index contributed by atoms with van der Waals surface area (Å²) in [5, 5.41) is 0. The van der Waals surface area contributed by atoms with E-state index in [-0.39, 0.29) is 12.3 Å². The molecule has 4 N–H and O–H groups in total. The van der Waals surface area contributed by atoms with Gasteiger partial charge in [0, 0.05) is 5.75 Å². The number of epoxide rings is 1. The molecule has 66 valence electrons. The van der Waals surface area contributed by atoms with Crippen LogP contribution in [-0.2, 0) is 9.30 Å². The maximum absolute atomic E-state index is 10.3. The van der Waals surface area contributed by atoms with Gasteiger partial charge >= 0.3 is 6.80 Å². The number of hydrogen-bond acceptors (Lipinski definition) is 4. The Labute approximate surface area is 68.2 Å². The Hall–Kier alpha value is 0.420. The lowest BCUT2D eigenvalue weighted by molar-refractivity contribution is 0.371. The van der Waals surface area contributed by atoms with Crippen LogP contribution in [0, 0.1) is 0 Å². The third-order valence-electron chi connectivity index (χ3n) is 1.28. The van der Waals surface area contributed by atoms with Crippen molar-refractivity contribution in [3.8, 4) is 0 Å². The zero-order valence-electron chi connectivity index (χ0n) is 5.71. The molecule has 1 aliphatic heterocycles. The highest BCUT2D eigenvalue weighted by atomic mass is 32.7. The van der Waals surface area contributed by atoms with Crippen LogP contribution in [0.15, 0.2) is 0 Å². The summed E-state index contributed by atoms with van der Waals surface area (Å²) in [6, 6.07) is 0. The van der Waals surface area contributed by atoms with Crippen molar-refractivity contribution >= 4 is 18.2 Å². The van der Waals surface area contributed by atoms with Crippen LogP contribution < -0.4 is 5.73 Å². The second-order valence-corrected chi connectivity index (χ2v) is 6.10. The van der Waals surface area contributed by atoms with Gasteiger partial charge in [-0.25, -0.2) is 4.57 Å². The molecule has 5 nitrogen and oxygen atoms in total. The third kappa shape index (κ3) is 4.10. The summed E-state index contributed by atoms with van der Waals surface area (Å²) in [7, 11) is 0. The van der Waals surface area contributed by atoms with Crippen LogP contribution in [-0.4, -0.2) is 27.9 Å². The van der Waals surface area contributed by atoms with E-state index in [1.165, 1.54) is 0 Å². The predicted molar refractivity (Wildman–Crippen MR) is 42.0 cm³/mol. The van der Waals surface area contributed by atoms with E-state index < -0.39 is 6.80 Å². The molecule has 2 atom stereocenters. The van der Waals surface area contributed by atoms with Gasteiger partial charge in [-0.2, -0.15) is 0 Å². The lowest BCUT2D eigenvalue weighted by Crippen LogP contribution is -2.05. The molecular weight excluding hydrogens is 189 g/mol. The molecule has 0 aromatic carbocycles. The van der Waals surface area contributed by atoms with Gasteiger partial charge in [-0.1, -0.05) is 0 Å². The summed E-state index contributed by atoms with van der Waals surface area (Å²) < 4.78 is 15.1. The second-order valence-electron chi connectivity index (χ2n) is 2.25. The van der Waals surface area contributed by atoms with Crippen LogP contribution in [0.25, 0.3) is 0 Å². The van der Waals surface area contributed by atoms with Crippen molar-refractivity contribution in [2.45, 2.75) is 18.8 Å². The quantitative estimate of drug-likeness (QED) is 0.431. The lowest BCUT2D eigenvalue weighted by Gasteiger charge is -1.99. The number of hydrogen-bond donors (Lipinski definition) is 3. The van der Waals surface area contributed by atoms with Crippen molar-refractivity contribution < 1.29 is 19.1 Å².